The maximum Gasteiger partial charge on any atom is 0.0110 e. The van der Waals surface area contributed by atoms with Gasteiger partial charge in [0.2, 0.25) is 0 Å². The van der Waals surface area contributed by atoms with Crippen molar-refractivity contribution in [1.29, 1.82) is 0 Å². The van der Waals surface area contributed by atoms with Crippen LogP contribution < -0.4 is 5.32 Å². The molecule has 0 saturated carbocycles. The van der Waals surface area contributed by atoms with Crippen LogP contribution in [-0.2, 0) is 0 Å². The lowest BCUT2D eigenvalue weighted by Crippen LogP contribution is -2.48. The van der Waals surface area contributed by atoms with Gasteiger partial charge in [0.05, 0.1) is 0 Å². The fraction of sp³-hybridized carbons (Fsp3) is 1.00. The van der Waals surface area contributed by atoms with Crippen molar-refractivity contribution in [3.05, 3.63) is 0 Å². The Bertz CT molecular complexity index is 198. The second-order valence-electron chi connectivity index (χ2n) is 6.18. The summed E-state index contributed by atoms with van der Waals surface area (Å²) in [4.78, 5) is 5.24. The van der Waals surface area contributed by atoms with Crippen molar-refractivity contribution in [1.82, 2.24) is 15.1 Å². The molecule has 108 valence electrons. The van der Waals surface area contributed by atoms with Crippen LogP contribution in [0.1, 0.15) is 40.5 Å². The van der Waals surface area contributed by atoms with E-state index >= 15 is 0 Å². The lowest BCUT2D eigenvalue weighted by molar-refractivity contribution is 0.119. The molecule has 0 aliphatic carbocycles. The van der Waals surface area contributed by atoms with E-state index < -0.39 is 0 Å². The Balaban J connectivity index is 2.08. The molecule has 18 heavy (non-hydrogen) atoms. The lowest BCUT2D eigenvalue weighted by atomic mass is 10.1. The SMILES string of the molecule is CCCNC(C)CCN1CCN(CC(C)C)CC1. The molecule has 1 saturated heterocycles. The van der Waals surface area contributed by atoms with Gasteiger partial charge in [-0.05, 0) is 38.8 Å². The van der Waals surface area contributed by atoms with Gasteiger partial charge in [-0.2, -0.15) is 0 Å². The van der Waals surface area contributed by atoms with Crippen molar-refractivity contribution in [3.8, 4) is 0 Å². The first kappa shape index (κ1) is 15.9. The van der Waals surface area contributed by atoms with E-state index in [0.29, 0.717) is 6.04 Å². The number of piperazine rings is 1. The predicted octanol–water partition coefficient (Wildman–Crippen LogP) is 2.04. The molecule has 0 aromatic carbocycles. The van der Waals surface area contributed by atoms with Gasteiger partial charge < -0.3 is 15.1 Å². The first-order valence-corrected chi connectivity index (χ1v) is 7.80. The highest BCUT2D eigenvalue weighted by atomic mass is 15.3. The van der Waals surface area contributed by atoms with E-state index in [1.807, 2.05) is 0 Å². The predicted molar refractivity (Wildman–Crippen MR) is 80.1 cm³/mol. The van der Waals surface area contributed by atoms with Gasteiger partial charge in [0.15, 0.2) is 0 Å². The molecule has 1 N–H and O–H groups in total. The summed E-state index contributed by atoms with van der Waals surface area (Å²) in [5.74, 6) is 0.801. The summed E-state index contributed by atoms with van der Waals surface area (Å²) in [5, 5.41) is 3.57. The third kappa shape index (κ3) is 6.72. The van der Waals surface area contributed by atoms with Gasteiger partial charge >= 0.3 is 0 Å². The van der Waals surface area contributed by atoms with Crippen molar-refractivity contribution in [2.75, 3.05) is 45.8 Å². The molecule has 1 fully saturated rings. The molecule has 0 aromatic heterocycles. The number of hydrogen-bond donors (Lipinski definition) is 1. The van der Waals surface area contributed by atoms with Gasteiger partial charge in [0.25, 0.3) is 0 Å². The molecule has 1 heterocycles. The van der Waals surface area contributed by atoms with Gasteiger partial charge in [-0.1, -0.05) is 20.8 Å². The molecular weight excluding hydrogens is 222 g/mol. The normalized spacial score (nSPS) is 20.5. The van der Waals surface area contributed by atoms with Crippen molar-refractivity contribution in [2.45, 2.75) is 46.6 Å². The zero-order chi connectivity index (χ0) is 13.4. The highest BCUT2D eigenvalue weighted by Gasteiger charge is 2.17. The Kier molecular flexibility index (Phi) is 7.87. The molecule has 1 atom stereocenters. The topological polar surface area (TPSA) is 18.5 Å². The Labute approximate surface area is 114 Å². The van der Waals surface area contributed by atoms with E-state index in [9.17, 15) is 0 Å². The van der Waals surface area contributed by atoms with Crippen LogP contribution in [0.5, 0.6) is 0 Å². The van der Waals surface area contributed by atoms with Crippen LogP contribution in [-0.4, -0.2) is 61.7 Å². The Morgan fingerprint density at radius 3 is 2.17 bits per heavy atom. The molecule has 1 aliphatic heterocycles. The smallest absolute Gasteiger partial charge is 0.0110 e. The van der Waals surface area contributed by atoms with E-state index in [4.69, 9.17) is 0 Å². The molecule has 0 radical (unpaired) electrons. The summed E-state index contributed by atoms with van der Waals surface area (Å²) in [6, 6.07) is 0.665. The molecular formula is C15H33N3. The average Bonchev–Trinajstić information content (AvgIpc) is 2.35. The third-order valence-corrected chi connectivity index (χ3v) is 3.71. The minimum Gasteiger partial charge on any atom is -0.314 e. The van der Waals surface area contributed by atoms with E-state index in [2.05, 4.69) is 42.8 Å². The Morgan fingerprint density at radius 2 is 1.61 bits per heavy atom. The van der Waals surface area contributed by atoms with Gasteiger partial charge in [-0.15, -0.1) is 0 Å². The van der Waals surface area contributed by atoms with E-state index in [1.54, 1.807) is 0 Å². The first-order chi connectivity index (χ1) is 8.61. The van der Waals surface area contributed by atoms with Crippen LogP contribution in [0.15, 0.2) is 0 Å². The van der Waals surface area contributed by atoms with Crippen LogP contribution >= 0.6 is 0 Å². The van der Waals surface area contributed by atoms with Gasteiger partial charge in [0, 0.05) is 38.8 Å². The molecule has 0 bridgehead atoms. The Morgan fingerprint density at radius 1 is 1.00 bits per heavy atom. The van der Waals surface area contributed by atoms with Crippen LogP contribution in [0.4, 0.5) is 0 Å². The molecule has 3 nitrogen and oxygen atoms in total. The maximum absolute atomic E-state index is 3.57. The minimum atomic E-state index is 0.665. The summed E-state index contributed by atoms with van der Waals surface area (Å²) < 4.78 is 0. The van der Waals surface area contributed by atoms with Crippen LogP contribution in [0, 0.1) is 5.92 Å². The third-order valence-electron chi connectivity index (χ3n) is 3.71. The lowest BCUT2D eigenvalue weighted by Gasteiger charge is -2.36. The van der Waals surface area contributed by atoms with Crippen molar-refractivity contribution in [2.24, 2.45) is 5.92 Å². The van der Waals surface area contributed by atoms with Crippen molar-refractivity contribution in [3.63, 3.8) is 0 Å². The molecule has 1 rings (SSSR count). The van der Waals surface area contributed by atoms with Crippen LogP contribution in [0.25, 0.3) is 0 Å². The highest BCUT2D eigenvalue weighted by Crippen LogP contribution is 2.06. The molecule has 3 heteroatoms. The van der Waals surface area contributed by atoms with E-state index in [-0.39, 0.29) is 0 Å². The standard InChI is InChI=1S/C15H33N3/c1-5-7-16-15(4)6-8-17-9-11-18(12-10-17)13-14(2)3/h14-16H,5-13H2,1-4H3. The zero-order valence-corrected chi connectivity index (χ0v) is 12.9. The minimum absolute atomic E-state index is 0.665. The highest BCUT2D eigenvalue weighted by molar-refractivity contribution is 4.74. The second kappa shape index (κ2) is 8.89. The molecule has 0 aromatic rings. The van der Waals surface area contributed by atoms with Gasteiger partial charge in [-0.25, -0.2) is 0 Å². The van der Waals surface area contributed by atoms with Crippen LogP contribution in [0.2, 0.25) is 0 Å². The fourth-order valence-electron chi connectivity index (χ4n) is 2.58. The monoisotopic (exact) mass is 255 g/mol. The summed E-state index contributed by atoms with van der Waals surface area (Å²) in [5.41, 5.74) is 0. The summed E-state index contributed by atoms with van der Waals surface area (Å²) in [7, 11) is 0. The summed E-state index contributed by atoms with van der Waals surface area (Å²) in [6.45, 7) is 17.9. The number of nitrogens with zero attached hydrogens (tertiary/aromatic N) is 2. The number of rotatable bonds is 8. The molecule has 1 aliphatic rings. The van der Waals surface area contributed by atoms with Crippen molar-refractivity contribution < 1.29 is 0 Å². The second-order valence-corrected chi connectivity index (χ2v) is 6.18. The van der Waals surface area contributed by atoms with Gasteiger partial charge in [-0.3, -0.25) is 0 Å². The molecule has 1 unspecified atom stereocenters. The maximum atomic E-state index is 3.57. The fourth-order valence-corrected chi connectivity index (χ4v) is 2.58. The summed E-state index contributed by atoms with van der Waals surface area (Å²) in [6.07, 6.45) is 2.52. The number of nitrogens with one attached hydrogen (secondary N) is 1. The zero-order valence-electron chi connectivity index (χ0n) is 12.9. The van der Waals surface area contributed by atoms with Crippen molar-refractivity contribution >= 4 is 0 Å². The van der Waals surface area contributed by atoms with E-state index in [0.717, 1.165) is 12.5 Å². The van der Waals surface area contributed by atoms with Gasteiger partial charge in [0.1, 0.15) is 0 Å². The Hall–Kier alpha value is -0.120. The quantitative estimate of drug-likeness (QED) is 0.716. The molecule has 0 spiro atoms. The van der Waals surface area contributed by atoms with Crippen LogP contribution in [0.3, 0.4) is 0 Å². The summed E-state index contributed by atoms with van der Waals surface area (Å²) >= 11 is 0. The first-order valence-electron chi connectivity index (χ1n) is 7.80. The largest absolute Gasteiger partial charge is 0.314 e. The van der Waals surface area contributed by atoms with E-state index in [1.165, 1.54) is 52.1 Å². The number of hydrogen-bond acceptors (Lipinski definition) is 3. The average molecular weight is 255 g/mol. The molecule has 0 amide bonds.